The summed E-state index contributed by atoms with van der Waals surface area (Å²) in [5.41, 5.74) is 7.26. The Morgan fingerprint density at radius 1 is 1.41 bits per heavy atom. The van der Waals surface area contributed by atoms with Gasteiger partial charge >= 0.3 is 0 Å². The maximum absolute atomic E-state index is 12.9. The van der Waals surface area contributed by atoms with Gasteiger partial charge in [-0.2, -0.15) is 0 Å². The number of piperidine rings is 1. The number of rotatable bonds is 4. The molecular formula is C19H30Cl2N4OS. The minimum absolute atomic E-state index is 0. The molecule has 1 amide bonds. The van der Waals surface area contributed by atoms with Crippen LogP contribution in [0, 0.1) is 5.41 Å². The predicted molar refractivity (Wildman–Crippen MR) is 118 cm³/mol. The molecule has 0 aliphatic carbocycles. The van der Waals surface area contributed by atoms with Gasteiger partial charge in [0, 0.05) is 26.2 Å². The van der Waals surface area contributed by atoms with Gasteiger partial charge in [0.1, 0.15) is 5.01 Å². The number of carbonyl (C=O) groups is 1. The fraction of sp³-hybridized carbons (Fsp3) is 0.579. The van der Waals surface area contributed by atoms with Gasteiger partial charge in [-0.1, -0.05) is 26.0 Å². The monoisotopic (exact) mass is 432 g/mol. The molecule has 2 heterocycles. The van der Waals surface area contributed by atoms with Crippen molar-refractivity contribution in [3.63, 3.8) is 0 Å². The molecule has 152 valence electrons. The lowest BCUT2D eigenvalue weighted by Crippen LogP contribution is -2.57. The fourth-order valence-corrected chi connectivity index (χ4v) is 4.51. The van der Waals surface area contributed by atoms with Crippen molar-refractivity contribution in [3.8, 4) is 0 Å². The summed E-state index contributed by atoms with van der Waals surface area (Å²) in [6, 6.07) is 8.16. The molecular weight excluding hydrogens is 403 g/mol. The lowest BCUT2D eigenvalue weighted by atomic mass is 9.79. The molecule has 1 aliphatic heterocycles. The first-order valence-corrected chi connectivity index (χ1v) is 9.68. The summed E-state index contributed by atoms with van der Waals surface area (Å²) in [4.78, 5) is 21.6. The summed E-state index contributed by atoms with van der Waals surface area (Å²) in [7, 11) is 1.87. The van der Waals surface area contributed by atoms with Crippen LogP contribution >= 0.6 is 36.2 Å². The van der Waals surface area contributed by atoms with Gasteiger partial charge in [-0.15, -0.1) is 36.2 Å². The lowest BCUT2D eigenvalue weighted by Gasteiger charge is -2.45. The molecule has 0 saturated carbocycles. The minimum atomic E-state index is -0.133. The first kappa shape index (κ1) is 24.1. The number of amides is 1. The van der Waals surface area contributed by atoms with E-state index in [0.717, 1.165) is 34.7 Å². The fourth-order valence-electron chi connectivity index (χ4n) is 3.49. The maximum atomic E-state index is 12.9. The molecule has 1 saturated heterocycles. The number of thiazole rings is 1. The number of carbonyl (C=O) groups excluding carboxylic acids is 1. The third-order valence-corrected chi connectivity index (χ3v) is 6.35. The number of benzene rings is 1. The third-order valence-electron chi connectivity index (χ3n) is 5.33. The van der Waals surface area contributed by atoms with E-state index in [9.17, 15) is 4.79 Å². The van der Waals surface area contributed by atoms with Crippen molar-refractivity contribution in [1.82, 2.24) is 14.8 Å². The Kier molecular flexibility index (Phi) is 8.51. The quantitative estimate of drug-likeness (QED) is 0.801. The third kappa shape index (κ3) is 5.33. The van der Waals surface area contributed by atoms with Crippen LogP contribution < -0.4 is 5.73 Å². The number of hydrogen-bond donors (Lipinski definition) is 1. The largest absolute Gasteiger partial charge is 0.338 e. The van der Waals surface area contributed by atoms with E-state index < -0.39 is 0 Å². The van der Waals surface area contributed by atoms with Crippen LogP contribution in [0.3, 0.4) is 0 Å². The van der Waals surface area contributed by atoms with Crippen LogP contribution in [0.2, 0.25) is 0 Å². The van der Waals surface area contributed by atoms with Crippen molar-refractivity contribution >= 4 is 52.3 Å². The van der Waals surface area contributed by atoms with Gasteiger partial charge in [-0.3, -0.25) is 9.69 Å². The van der Waals surface area contributed by atoms with Gasteiger partial charge in [0.25, 0.3) is 0 Å². The molecule has 0 radical (unpaired) electrons. The Morgan fingerprint density at radius 2 is 2.07 bits per heavy atom. The van der Waals surface area contributed by atoms with E-state index in [2.05, 4.69) is 29.8 Å². The van der Waals surface area contributed by atoms with Crippen molar-refractivity contribution in [1.29, 1.82) is 0 Å². The smallest absolute Gasteiger partial charge is 0.239 e. The van der Waals surface area contributed by atoms with Crippen LogP contribution in [0.5, 0.6) is 0 Å². The van der Waals surface area contributed by atoms with E-state index in [1.54, 1.807) is 16.2 Å². The molecule has 1 aromatic heterocycles. The highest BCUT2D eigenvalue weighted by atomic mass is 35.5. The minimum Gasteiger partial charge on any atom is -0.338 e. The lowest BCUT2D eigenvalue weighted by molar-refractivity contribution is -0.137. The Labute approximate surface area is 178 Å². The SMILES string of the molecule is CC(C(=O)N(C)Cc1nc2ccccc2s1)N1CCC(N)C(C)(C)C1.Cl.Cl. The van der Waals surface area contributed by atoms with Gasteiger partial charge in [-0.25, -0.2) is 4.98 Å². The average molecular weight is 433 g/mol. The van der Waals surface area contributed by atoms with Crippen molar-refractivity contribution in [2.75, 3.05) is 20.1 Å². The van der Waals surface area contributed by atoms with Crippen LogP contribution in [-0.2, 0) is 11.3 Å². The average Bonchev–Trinajstić information content (AvgIpc) is 2.98. The van der Waals surface area contributed by atoms with E-state index in [-0.39, 0.29) is 48.2 Å². The molecule has 0 spiro atoms. The summed E-state index contributed by atoms with van der Waals surface area (Å²) >= 11 is 1.66. The second kappa shape index (κ2) is 9.52. The van der Waals surface area contributed by atoms with Gasteiger partial charge in [0.2, 0.25) is 5.91 Å². The summed E-state index contributed by atoms with van der Waals surface area (Å²) in [5.74, 6) is 0.144. The van der Waals surface area contributed by atoms with E-state index in [4.69, 9.17) is 5.73 Å². The number of para-hydroxylation sites is 1. The summed E-state index contributed by atoms with van der Waals surface area (Å²) in [6.45, 7) is 8.67. The molecule has 8 heteroatoms. The molecule has 1 aromatic carbocycles. The maximum Gasteiger partial charge on any atom is 0.239 e. The van der Waals surface area contributed by atoms with Gasteiger partial charge in [0.15, 0.2) is 0 Å². The number of nitrogens with zero attached hydrogens (tertiary/aromatic N) is 3. The van der Waals surface area contributed by atoms with E-state index in [1.807, 2.05) is 32.2 Å². The molecule has 3 rings (SSSR count). The van der Waals surface area contributed by atoms with Gasteiger partial charge < -0.3 is 10.6 Å². The molecule has 2 N–H and O–H groups in total. The number of fused-ring (bicyclic) bond motifs is 1. The normalized spacial score (nSPS) is 20.4. The molecule has 2 atom stereocenters. The Bertz CT molecular complexity index is 734. The number of aromatic nitrogens is 1. The van der Waals surface area contributed by atoms with Crippen LogP contribution in [0.4, 0.5) is 0 Å². The number of likely N-dealkylation sites (tertiary alicyclic amines) is 1. The highest BCUT2D eigenvalue weighted by molar-refractivity contribution is 7.18. The Hall–Kier alpha value is -0.920. The summed E-state index contributed by atoms with van der Waals surface area (Å²) in [6.07, 6.45) is 0.937. The van der Waals surface area contributed by atoms with Gasteiger partial charge in [0.05, 0.1) is 22.8 Å². The number of hydrogen-bond acceptors (Lipinski definition) is 5. The van der Waals surface area contributed by atoms with Crippen molar-refractivity contribution < 1.29 is 4.79 Å². The number of nitrogens with two attached hydrogens (primary N) is 1. The number of likely N-dealkylation sites (N-methyl/N-ethyl adjacent to an activating group) is 1. The second-order valence-corrected chi connectivity index (χ2v) is 8.92. The van der Waals surface area contributed by atoms with Gasteiger partial charge in [-0.05, 0) is 30.9 Å². The van der Waals surface area contributed by atoms with E-state index in [1.165, 1.54) is 0 Å². The van der Waals surface area contributed by atoms with Crippen molar-refractivity contribution in [3.05, 3.63) is 29.3 Å². The van der Waals surface area contributed by atoms with Crippen LogP contribution in [0.25, 0.3) is 10.2 Å². The first-order valence-electron chi connectivity index (χ1n) is 8.87. The standard InChI is InChI=1S/C19H28N4OS.2ClH/c1-13(23-10-9-16(20)19(2,3)12-23)18(24)22(4)11-17-21-14-7-5-6-8-15(14)25-17;;/h5-8,13,16H,9-12,20H2,1-4H3;2*1H. The highest BCUT2D eigenvalue weighted by Gasteiger charge is 2.37. The summed E-state index contributed by atoms with van der Waals surface area (Å²) < 4.78 is 1.16. The zero-order valence-electron chi connectivity index (χ0n) is 16.3. The summed E-state index contributed by atoms with van der Waals surface area (Å²) in [5, 5.41) is 0.977. The molecule has 1 aliphatic rings. The highest BCUT2D eigenvalue weighted by Crippen LogP contribution is 2.29. The molecule has 2 unspecified atom stereocenters. The zero-order valence-corrected chi connectivity index (χ0v) is 18.8. The van der Waals surface area contributed by atoms with Crippen molar-refractivity contribution in [2.24, 2.45) is 11.1 Å². The predicted octanol–water partition coefficient (Wildman–Crippen LogP) is 3.55. The van der Waals surface area contributed by atoms with E-state index >= 15 is 0 Å². The Balaban J connectivity index is 0.00000182. The Morgan fingerprint density at radius 3 is 2.70 bits per heavy atom. The molecule has 27 heavy (non-hydrogen) atoms. The molecule has 1 fully saturated rings. The van der Waals surface area contributed by atoms with Crippen molar-refractivity contribution in [2.45, 2.75) is 45.8 Å². The topological polar surface area (TPSA) is 62.5 Å². The first-order chi connectivity index (χ1) is 11.8. The number of halogens is 2. The second-order valence-electron chi connectivity index (χ2n) is 7.80. The van der Waals surface area contributed by atoms with Crippen LogP contribution in [0.1, 0.15) is 32.2 Å². The molecule has 0 bridgehead atoms. The molecule has 2 aromatic rings. The van der Waals surface area contributed by atoms with Crippen LogP contribution in [0.15, 0.2) is 24.3 Å². The van der Waals surface area contributed by atoms with E-state index in [0.29, 0.717) is 6.54 Å². The zero-order chi connectivity index (χ0) is 18.2. The van der Waals surface area contributed by atoms with Crippen LogP contribution in [-0.4, -0.2) is 52.9 Å². The molecule has 5 nitrogen and oxygen atoms in total.